The minimum atomic E-state index is -2.00. The number of benzene rings is 6. The van der Waals surface area contributed by atoms with Crippen molar-refractivity contribution in [3.63, 3.8) is 0 Å². The highest BCUT2D eigenvalue weighted by Crippen LogP contribution is 2.53. The van der Waals surface area contributed by atoms with Crippen LogP contribution in [0.15, 0.2) is 60.9 Å². The Bertz CT molecular complexity index is 4000. The summed E-state index contributed by atoms with van der Waals surface area (Å²) >= 11 is 0. The third-order valence-electron chi connectivity index (χ3n) is 11.7. The zero-order valence-corrected chi connectivity index (χ0v) is 40.3. The van der Waals surface area contributed by atoms with Crippen molar-refractivity contribution < 1.29 is 159 Å². The van der Waals surface area contributed by atoms with Crippen LogP contribution in [0.25, 0.3) is 43.8 Å². The first-order valence-corrected chi connectivity index (χ1v) is 21.8. The summed E-state index contributed by atoms with van der Waals surface area (Å²) in [5.74, 6) is -25.4. The van der Waals surface area contributed by atoms with Gasteiger partial charge in [-0.3, -0.25) is 9.59 Å². The summed E-state index contributed by atoms with van der Waals surface area (Å²) < 4.78 is 19.2. The molecule has 3 atom stereocenters. The number of carboxylic acids is 5. The average molecular weight is 1170 g/mol. The van der Waals surface area contributed by atoms with Crippen LogP contribution in [0, 0.1) is 0 Å². The number of rotatable bonds is 10. The van der Waals surface area contributed by atoms with Crippen LogP contribution in [0.1, 0.15) is 59.3 Å². The van der Waals surface area contributed by atoms with Gasteiger partial charge in [-0.05, 0) is 42.5 Å². The molecule has 8 aromatic rings. The zero-order valence-electron chi connectivity index (χ0n) is 40.3. The second-order valence-corrected chi connectivity index (χ2v) is 16.7. The molecule has 0 radical (unpaired) electrons. The Morgan fingerprint density at radius 1 is 0.482 bits per heavy atom. The van der Waals surface area contributed by atoms with Crippen molar-refractivity contribution >= 4 is 75.0 Å². The number of aromatic carboxylic acids is 3. The molecule has 9 rings (SSSR count). The topological polar surface area (TPSA) is 623 Å². The molecule has 1 aliphatic heterocycles. The summed E-state index contributed by atoms with van der Waals surface area (Å²) in [6, 6.07) is 5.37. The first-order valence-electron chi connectivity index (χ1n) is 21.8. The van der Waals surface area contributed by atoms with Gasteiger partial charge in [0.05, 0.1) is 45.4 Å². The summed E-state index contributed by atoms with van der Waals surface area (Å²) in [7, 11) is 0. The molecule has 1 aliphatic rings. The van der Waals surface area contributed by atoms with E-state index >= 15 is 0 Å². The summed E-state index contributed by atoms with van der Waals surface area (Å²) in [5, 5.41) is 197. The van der Waals surface area contributed by atoms with Gasteiger partial charge in [0.1, 0.15) is 6.10 Å². The maximum Gasteiger partial charge on any atom is 0.345 e. The van der Waals surface area contributed by atoms with Crippen molar-refractivity contribution in [3.8, 4) is 103 Å². The molecule has 1 unspecified atom stereocenters. The van der Waals surface area contributed by atoms with Crippen molar-refractivity contribution in [1.82, 2.24) is 0 Å². The van der Waals surface area contributed by atoms with E-state index in [-0.39, 0.29) is 33.6 Å². The fraction of sp³-hybridized carbons (Fsp3) is 0.0816. The lowest BCUT2D eigenvalue weighted by Crippen LogP contribution is -2.44. The number of hydrogen-bond donors (Lipinski definition) is 21. The number of phenolic OH excluding ortho intramolecular Hbond substituents is 16. The summed E-state index contributed by atoms with van der Waals surface area (Å²) in [5.41, 5.74) is -7.48. The molecule has 0 saturated carbocycles. The number of carbonyl (C=O) groups excluding carboxylic acids is 2. The van der Waals surface area contributed by atoms with Gasteiger partial charge >= 0.3 is 47.1 Å². The number of fused-ring (bicyclic) bond motifs is 1. The molecule has 34 heteroatoms. The standard InChI is InChI=1S/C14H12O11.C14H10O10.C14H6O8.C7H6O5/c15-3-24-6(2-7(17)18)9-8-4(1-5(16)10(19)11(8)20)14(23)25-12(9)13(21)22;15-5-1-3(13(21)22)7(11(19)9(5)17)8-4(14(23)24)2-6(16)10(18)12(8)20;15-5-1-3-7-8-4(14(20)22-11(7)9(5)17)2-6(16)10(18)12(8)21-13(3)19;8-4-1-3(7(11)12)2-5(9)6(4)10/h1,3,6,9,12,16,19-20H,2H2,(H,17,18)(H,21,22);1-2,15-20H,(H,21,22)(H,23,24);1-2,15-18H;1-2,8-10H,(H,11,12)/t6-,9?,12+;;;/m1.../s1. The average Bonchev–Trinajstić information content (AvgIpc) is 1.13. The molecule has 0 saturated heterocycles. The van der Waals surface area contributed by atoms with E-state index in [0.717, 1.165) is 30.3 Å². The highest BCUT2D eigenvalue weighted by atomic mass is 16.6. The van der Waals surface area contributed by atoms with Crippen molar-refractivity contribution in [2.75, 3.05) is 0 Å². The van der Waals surface area contributed by atoms with E-state index in [1.165, 1.54) is 0 Å². The molecule has 0 spiro atoms. The van der Waals surface area contributed by atoms with Crippen LogP contribution in [-0.2, 0) is 23.9 Å². The normalized spacial score (nSPS) is 13.6. The Morgan fingerprint density at radius 2 is 0.867 bits per heavy atom. The number of hydrogen-bond acceptors (Lipinski definition) is 29. The third-order valence-corrected chi connectivity index (χ3v) is 11.7. The van der Waals surface area contributed by atoms with Crippen LogP contribution in [0.2, 0.25) is 0 Å². The molecule has 34 nitrogen and oxygen atoms in total. The summed E-state index contributed by atoms with van der Waals surface area (Å²) in [6.07, 6.45) is -4.51. The number of ether oxygens (including phenoxy) is 2. The number of phenols is 16. The monoisotopic (exact) mass is 1170 g/mol. The van der Waals surface area contributed by atoms with Gasteiger partial charge in [-0.25, -0.2) is 33.6 Å². The van der Waals surface area contributed by atoms with Crippen LogP contribution in [-0.4, -0.2) is 162 Å². The first kappa shape index (κ1) is 59.6. The fourth-order valence-electron chi connectivity index (χ4n) is 8.10. The molecule has 0 amide bonds. The van der Waals surface area contributed by atoms with Crippen LogP contribution >= 0.6 is 0 Å². The van der Waals surface area contributed by atoms with Gasteiger partial charge in [0.2, 0.25) is 34.9 Å². The molecule has 0 bridgehead atoms. The van der Waals surface area contributed by atoms with Crippen LogP contribution in [0.3, 0.4) is 0 Å². The van der Waals surface area contributed by atoms with E-state index in [2.05, 4.69) is 4.74 Å². The Labute approximate surface area is 452 Å². The second-order valence-electron chi connectivity index (χ2n) is 16.7. The molecular weight excluding hydrogens is 1130 g/mol. The van der Waals surface area contributed by atoms with Gasteiger partial charge in [0.15, 0.2) is 74.4 Å². The predicted molar refractivity (Wildman–Crippen MR) is 262 cm³/mol. The molecule has 2 aromatic heterocycles. The van der Waals surface area contributed by atoms with E-state index in [1.807, 2.05) is 0 Å². The lowest BCUT2D eigenvalue weighted by atomic mass is 9.81. The van der Waals surface area contributed by atoms with Crippen LogP contribution in [0.4, 0.5) is 0 Å². The van der Waals surface area contributed by atoms with Crippen molar-refractivity contribution in [2.45, 2.75) is 24.5 Å². The van der Waals surface area contributed by atoms with Gasteiger partial charge in [0.25, 0.3) is 6.47 Å². The van der Waals surface area contributed by atoms with Gasteiger partial charge < -0.3 is 126 Å². The quantitative estimate of drug-likeness (QED) is 0.0307. The maximum atomic E-state index is 12.0. The van der Waals surface area contributed by atoms with Gasteiger partial charge in [-0.1, -0.05) is 0 Å². The maximum absolute atomic E-state index is 12.0. The zero-order chi connectivity index (χ0) is 62.3. The number of cyclic esters (lactones) is 1. The SMILES string of the molecule is O=C(O)c1cc(O)c(O)c(O)c1.O=C(O)c1cc(O)c(O)c(O)c1-c1c(C(=O)O)cc(O)c(O)c1O.O=CO[C@H](CC(=O)O)C1c2c(cc(O)c(O)c2O)C(=O)O[C@@H]1C(=O)O.O=c1oc2c(O)c(O)cc3c(=O)oc4c(O)c(O)cc1c4c23. The molecule has 3 heterocycles. The van der Waals surface area contributed by atoms with Crippen molar-refractivity contribution in [1.29, 1.82) is 0 Å². The molecule has 434 valence electrons. The largest absolute Gasteiger partial charge is 0.504 e. The number of esters is 1. The minimum Gasteiger partial charge on any atom is -0.504 e. The molecule has 0 aliphatic carbocycles. The molecule has 6 aromatic carbocycles. The molecule has 83 heavy (non-hydrogen) atoms. The van der Waals surface area contributed by atoms with Crippen LogP contribution in [0.5, 0.6) is 92.0 Å². The van der Waals surface area contributed by atoms with E-state index in [1.54, 1.807) is 0 Å². The first-order chi connectivity index (χ1) is 38.7. The van der Waals surface area contributed by atoms with Gasteiger partial charge in [-0.2, -0.15) is 0 Å². The number of aromatic hydroxyl groups is 16. The lowest BCUT2D eigenvalue weighted by molar-refractivity contribution is -0.157. The van der Waals surface area contributed by atoms with E-state index in [0.29, 0.717) is 12.1 Å². The molecule has 21 N–H and O–H groups in total. The number of carboxylic acid groups (broad SMARTS) is 5. The van der Waals surface area contributed by atoms with E-state index < -0.39 is 208 Å². The van der Waals surface area contributed by atoms with E-state index in [4.69, 9.17) is 49.3 Å². The van der Waals surface area contributed by atoms with Crippen molar-refractivity contribution in [2.24, 2.45) is 0 Å². The second kappa shape index (κ2) is 22.4. The van der Waals surface area contributed by atoms with Gasteiger partial charge in [0, 0.05) is 27.5 Å². The smallest absolute Gasteiger partial charge is 0.345 e. The minimum absolute atomic E-state index is 0.00597. The lowest BCUT2D eigenvalue weighted by Gasteiger charge is -2.34. The highest BCUT2D eigenvalue weighted by molar-refractivity contribution is 6.22. The Hall–Kier alpha value is -12.7. The Morgan fingerprint density at radius 3 is 1.24 bits per heavy atom. The van der Waals surface area contributed by atoms with E-state index in [9.17, 15) is 115 Å². The summed E-state index contributed by atoms with van der Waals surface area (Å²) in [4.78, 5) is 102. The van der Waals surface area contributed by atoms with Crippen LogP contribution < -0.4 is 11.3 Å². The van der Waals surface area contributed by atoms with Crippen molar-refractivity contribution in [3.05, 3.63) is 91.1 Å². The number of carbonyl (C=O) groups is 7. The third kappa shape index (κ3) is 10.8. The highest BCUT2D eigenvalue weighted by Gasteiger charge is 2.48. The Balaban J connectivity index is 0.000000182. The fourth-order valence-corrected chi connectivity index (χ4v) is 8.10. The Kier molecular flexibility index (Phi) is 16.1. The molecular formula is C49H34O34. The molecule has 0 fully saturated rings. The number of aliphatic carboxylic acids is 2. The summed E-state index contributed by atoms with van der Waals surface area (Å²) in [6.45, 7) is -0.125. The van der Waals surface area contributed by atoms with Gasteiger partial charge in [-0.15, -0.1) is 0 Å². The predicted octanol–water partition coefficient (Wildman–Crippen LogP) is 2.32.